The highest BCUT2D eigenvalue weighted by atomic mass is 35.5. The molecule has 8 unspecified atom stereocenters. The Morgan fingerprint density at radius 2 is 1.65 bits per heavy atom. The molecule has 0 N–H and O–H groups in total. The Labute approximate surface area is 329 Å². The maximum atomic E-state index is 14.1. The fourth-order valence-electron chi connectivity index (χ4n) is 12.3. The lowest BCUT2D eigenvalue weighted by Crippen LogP contribution is -2.56. The van der Waals surface area contributed by atoms with Gasteiger partial charge in [0, 0.05) is 35.4 Å². The van der Waals surface area contributed by atoms with Crippen molar-refractivity contribution in [2.45, 2.75) is 151 Å². The maximum Gasteiger partial charge on any atom is 0.410 e. The van der Waals surface area contributed by atoms with Gasteiger partial charge in [0.15, 0.2) is 5.78 Å². The second-order valence-electron chi connectivity index (χ2n) is 20.2. The monoisotopic (exact) mass is 763 g/mol. The fraction of sp³-hybridized carbons (Fsp3) is 0.739. The second kappa shape index (κ2) is 15.3. The van der Waals surface area contributed by atoms with Crippen LogP contribution in [0.25, 0.3) is 0 Å². The number of ketones is 1. The molecule has 0 bridgehead atoms. The summed E-state index contributed by atoms with van der Waals surface area (Å²) in [7, 11) is 0. The van der Waals surface area contributed by atoms with Crippen LogP contribution in [0.5, 0.6) is 0 Å². The minimum absolute atomic E-state index is 0.0931. The van der Waals surface area contributed by atoms with E-state index in [0.29, 0.717) is 59.9 Å². The number of fused-ring (bicyclic) bond motifs is 7. The summed E-state index contributed by atoms with van der Waals surface area (Å²) in [5.41, 5.74) is 2.18. The van der Waals surface area contributed by atoms with E-state index in [1.165, 1.54) is 18.4 Å². The predicted octanol–water partition coefficient (Wildman–Crippen LogP) is 10.8. The van der Waals surface area contributed by atoms with E-state index in [1.807, 2.05) is 49.9 Å². The summed E-state index contributed by atoms with van der Waals surface area (Å²) in [6.07, 6.45) is 10.5. The normalized spacial score (nSPS) is 33.7. The van der Waals surface area contributed by atoms with Crippen molar-refractivity contribution < 1.29 is 28.7 Å². The molecule has 0 saturated heterocycles. The summed E-state index contributed by atoms with van der Waals surface area (Å²) in [5, 5.41) is 0.662. The second-order valence-corrected chi connectivity index (χ2v) is 20.6. The van der Waals surface area contributed by atoms with Crippen LogP contribution in [-0.2, 0) is 30.4 Å². The average Bonchev–Trinajstić information content (AvgIpc) is 3.40. The highest BCUT2D eigenvalue weighted by Gasteiger charge is 2.61. The zero-order chi connectivity index (χ0) is 39.4. The Bertz CT molecular complexity index is 1620. The topological polar surface area (TPSA) is 90.0 Å². The third-order valence-electron chi connectivity index (χ3n) is 14.6. The molecule has 7 nitrogen and oxygen atoms in total. The molecule has 0 radical (unpaired) electrons. The summed E-state index contributed by atoms with van der Waals surface area (Å²) in [5.74, 6) is 3.25. The zero-order valence-corrected chi connectivity index (χ0v) is 35.2. The summed E-state index contributed by atoms with van der Waals surface area (Å²) >= 11 is 6.20. The first-order valence-corrected chi connectivity index (χ1v) is 21.3. The molecular weight excluding hydrogens is 698 g/mol. The minimum atomic E-state index is -0.707. The number of hydrogen-bond acceptors (Lipinski definition) is 6. The first-order chi connectivity index (χ1) is 25.3. The summed E-state index contributed by atoms with van der Waals surface area (Å²) in [6, 6.07) is 7.65. The number of benzene rings is 1. The van der Waals surface area contributed by atoms with Crippen molar-refractivity contribution in [1.82, 2.24) is 4.90 Å². The Kier molecular flexibility index (Phi) is 11.6. The molecule has 1 aromatic carbocycles. The standard InChI is InChI=1S/C46H66ClNO6/c1-28(2)40-37(50)24-46(22-23-48(42(52)54-43(4,5)6)26-30-10-12-31(47)13-11-30)21-18-32-33-14-16-35-29(3)38(53-39(51)25-44(7,8)27-49)19-20-45(35,9)36(33)17-15-34(32)41(40)46/h10-13,27-29,32-36,38H,14-26H2,1-9H3/t29?,32?,33?,34?,35-,36?,38?,45?,46?/m0/s1. The van der Waals surface area contributed by atoms with Gasteiger partial charge in [-0.3, -0.25) is 9.59 Å². The molecule has 54 heavy (non-hydrogen) atoms. The van der Waals surface area contributed by atoms with Crippen molar-refractivity contribution in [3.8, 4) is 0 Å². The van der Waals surface area contributed by atoms with Gasteiger partial charge in [0.25, 0.3) is 0 Å². The fourth-order valence-corrected chi connectivity index (χ4v) is 12.4. The molecular formula is C46H66ClNO6. The van der Waals surface area contributed by atoms with E-state index in [1.54, 1.807) is 13.8 Å². The SMILES string of the molecule is CC(C)C1=C2C3CCC4C(CC[C@H]5C(C)C(OC(=O)CC(C)(C)C=O)CCC45C)C3CCC2(CCN(Cc2ccc(Cl)cc2)C(=O)OC(C)(C)C)CC1=O. The smallest absolute Gasteiger partial charge is 0.410 e. The highest BCUT2D eigenvalue weighted by molar-refractivity contribution is 6.30. The van der Waals surface area contributed by atoms with E-state index in [2.05, 4.69) is 27.7 Å². The van der Waals surface area contributed by atoms with Crippen LogP contribution in [-0.4, -0.2) is 47.3 Å². The van der Waals surface area contributed by atoms with Crippen molar-refractivity contribution in [3.63, 3.8) is 0 Å². The van der Waals surface area contributed by atoms with Crippen LogP contribution >= 0.6 is 11.6 Å². The summed E-state index contributed by atoms with van der Waals surface area (Å²) in [4.78, 5) is 54.0. The van der Waals surface area contributed by atoms with Crippen molar-refractivity contribution >= 4 is 35.7 Å². The average molecular weight is 764 g/mol. The van der Waals surface area contributed by atoms with E-state index < -0.39 is 11.0 Å². The number of esters is 1. The number of ether oxygens (including phenoxy) is 2. The molecule has 5 aliphatic rings. The van der Waals surface area contributed by atoms with Gasteiger partial charge in [0.2, 0.25) is 0 Å². The summed E-state index contributed by atoms with van der Waals surface area (Å²) < 4.78 is 12.0. The molecule has 4 fully saturated rings. The number of hydrogen-bond donors (Lipinski definition) is 0. The van der Waals surface area contributed by atoms with Gasteiger partial charge in [-0.05, 0) is 149 Å². The zero-order valence-electron chi connectivity index (χ0n) is 34.5. The number of carbonyl (C=O) groups excluding carboxylic acids is 4. The molecule has 0 aromatic heterocycles. The predicted molar refractivity (Wildman–Crippen MR) is 213 cm³/mol. The Morgan fingerprint density at radius 3 is 2.30 bits per heavy atom. The van der Waals surface area contributed by atoms with Gasteiger partial charge in [0.05, 0.1) is 6.42 Å². The number of Topliss-reactive ketones (excluding diaryl/α,β-unsaturated/α-hetero) is 1. The lowest BCUT2D eigenvalue weighted by molar-refractivity contribution is -0.173. The largest absolute Gasteiger partial charge is 0.462 e. The third kappa shape index (κ3) is 8.09. The third-order valence-corrected chi connectivity index (χ3v) is 14.9. The lowest BCUT2D eigenvalue weighted by Gasteiger charge is -2.63. The van der Waals surface area contributed by atoms with Gasteiger partial charge < -0.3 is 19.2 Å². The van der Waals surface area contributed by atoms with E-state index in [4.69, 9.17) is 21.1 Å². The number of rotatable bonds is 10. The van der Waals surface area contributed by atoms with Crippen molar-refractivity contribution in [2.75, 3.05) is 6.54 Å². The molecule has 6 rings (SSSR count). The van der Waals surface area contributed by atoms with Crippen molar-refractivity contribution in [2.24, 2.45) is 57.7 Å². The number of halogens is 1. The Balaban J connectivity index is 1.21. The number of nitrogens with zero attached hydrogens (tertiary/aromatic N) is 1. The Morgan fingerprint density at radius 1 is 0.963 bits per heavy atom. The first kappa shape index (κ1) is 41.0. The van der Waals surface area contributed by atoms with Gasteiger partial charge in [-0.1, -0.05) is 70.8 Å². The lowest BCUT2D eigenvalue weighted by atomic mass is 9.42. The molecule has 4 saturated carbocycles. The van der Waals surface area contributed by atoms with Gasteiger partial charge in [-0.2, -0.15) is 0 Å². The van der Waals surface area contributed by atoms with E-state index in [9.17, 15) is 19.2 Å². The van der Waals surface area contributed by atoms with Crippen LogP contribution < -0.4 is 0 Å². The van der Waals surface area contributed by atoms with Crippen LogP contribution in [0.3, 0.4) is 0 Å². The number of aldehydes is 1. The van der Waals surface area contributed by atoms with Gasteiger partial charge >= 0.3 is 12.1 Å². The molecule has 1 aromatic rings. The van der Waals surface area contributed by atoms with Crippen LogP contribution in [0.15, 0.2) is 35.4 Å². The number of carbonyl (C=O) groups is 4. The molecule has 5 aliphatic carbocycles. The molecule has 298 valence electrons. The van der Waals surface area contributed by atoms with Crippen LogP contribution in [0.1, 0.15) is 139 Å². The van der Waals surface area contributed by atoms with Crippen LogP contribution in [0.4, 0.5) is 4.79 Å². The van der Waals surface area contributed by atoms with Crippen LogP contribution in [0.2, 0.25) is 5.02 Å². The molecule has 0 aliphatic heterocycles. The molecule has 0 spiro atoms. The molecule has 1 amide bonds. The van der Waals surface area contributed by atoms with Gasteiger partial charge in [-0.15, -0.1) is 0 Å². The number of allylic oxidation sites excluding steroid dienone is 2. The molecule has 0 heterocycles. The van der Waals surface area contributed by atoms with E-state index in [0.717, 1.165) is 62.4 Å². The van der Waals surface area contributed by atoms with Crippen molar-refractivity contribution in [1.29, 1.82) is 0 Å². The molecule has 8 heteroatoms. The van der Waals surface area contributed by atoms with E-state index >= 15 is 0 Å². The number of amides is 1. The van der Waals surface area contributed by atoms with Gasteiger partial charge in [0.1, 0.15) is 18.0 Å². The first-order valence-electron chi connectivity index (χ1n) is 20.9. The van der Waals surface area contributed by atoms with E-state index in [-0.39, 0.29) is 47.3 Å². The minimum Gasteiger partial charge on any atom is -0.462 e. The van der Waals surface area contributed by atoms with Crippen LogP contribution in [0, 0.1) is 57.7 Å². The maximum absolute atomic E-state index is 14.1. The summed E-state index contributed by atoms with van der Waals surface area (Å²) in [6.45, 7) is 19.5. The molecule has 9 atom stereocenters. The Hall–Kier alpha value is -2.67. The van der Waals surface area contributed by atoms with Crippen molar-refractivity contribution in [3.05, 3.63) is 46.0 Å². The quantitative estimate of drug-likeness (QED) is 0.174. The highest BCUT2D eigenvalue weighted by Crippen LogP contribution is 2.68. The van der Waals surface area contributed by atoms with Gasteiger partial charge in [-0.25, -0.2) is 4.79 Å².